The van der Waals surface area contributed by atoms with Gasteiger partial charge in [-0.05, 0) is 41.7 Å². The summed E-state index contributed by atoms with van der Waals surface area (Å²) in [5, 5.41) is 0. The van der Waals surface area contributed by atoms with Crippen LogP contribution in [0.2, 0.25) is 0 Å². The second-order valence-corrected chi connectivity index (χ2v) is 3.89. The highest BCUT2D eigenvalue weighted by atomic mass is 16.5. The fraction of sp³-hybridized carbons (Fsp3) is 0.286. The third-order valence-corrected chi connectivity index (χ3v) is 2.81. The molecule has 2 heteroatoms. The van der Waals surface area contributed by atoms with Crippen molar-refractivity contribution in [3.8, 4) is 5.75 Å². The molecule has 1 aliphatic rings. The van der Waals surface area contributed by atoms with Crippen LogP contribution in [-0.2, 0) is 6.42 Å². The molecule has 0 aromatic heterocycles. The normalized spacial score (nSPS) is 13.9. The van der Waals surface area contributed by atoms with Gasteiger partial charge in [0.25, 0.3) is 0 Å². The van der Waals surface area contributed by atoms with Crippen LogP contribution in [0.4, 0.5) is 0 Å². The van der Waals surface area contributed by atoms with E-state index in [-0.39, 0.29) is 0 Å². The lowest BCUT2D eigenvalue weighted by atomic mass is 9.91. The van der Waals surface area contributed by atoms with Gasteiger partial charge in [0.1, 0.15) is 12.4 Å². The van der Waals surface area contributed by atoms with Gasteiger partial charge in [-0.3, -0.25) is 0 Å². The second-order valence-electron chi connectivity index (χ2n) is 3.89. The van der Waals surface area contributed by atoms with E-state index in [1.54, 1.807) is 6.08 Å². The number of hydrogen-bond acceptors (Lipinski definition) is 2. The van der Waals surface area contributed by atoms with Crippen molar-refractivity contribution < 1.29 is 4.74 Å². The van der Waals surface area contributed by atoms with Gasteiger partial charge in [0.15, 0.2) is 0 Å². The molecule has 0 bridgehead atoms. The van der Waals surface area contributed by atoms with Crippen molar-refractivity contribution in [2.75, 3.05) is 13.2 Å². The van der Waals surface area contributed by atoms with Crippen LogP contribution >= 0.6 is 0 Å². The zero-order chi connectivity index (χ0) is 11.4. The summed E-state index contributed by atoms with van der Waals surface area (Å²) >= 11 is 0. The summed E-state index contributed by atoms with van der Waals surface area (Å²) in [6.07, 6.45) is 6.13. The summed E-state index contributed by atoms with van der Waals surface area (Å²) < 4.78 is 5.52. The largest absolute Gasteiger partial charge is 0.490 e. The van der Waals surface area contributed by atoms with E-state index in [0.717, 1.165) is 18.6 Å². The van der Waals surface area contributed by atoms with Crippen LogP contribution in [0.5, 0.6) is 5.75 Å². The molecular formula is C14H17NO. The summed E-state index contributed by atoms with van der Waals surface area (Å²) in [4.78, 5) is 0. The molecule has 0 amide bonds. The monoisotopic (exact) mass is 215 g/mol. The number of ether oxygens (including phenoxy) is 1. The first-order valence-corrected chi connectivity index (χ1v) is 5.61. The molecule has 1 aliphatic carbocycles. The first kappa shape index (κ1) is 11.0. The minimum Gasteiger partial charge on any atom is -0.490 e. The number of rotatable bonds is 4. The summed E-state index contributed by atoms with van der Waals surface area (Å²) in [5.41, 5.74) is 9.59. The van der Waals surface area contributed by atoms with Gasteiger partial charge in [-0.25, -0.2) is 0 Å². The fourth-order valence-electron chi connectivity index (χ4n) is 2.04. The number of allylic oxidation sites excluding steroid dienone is 1. The number of hydrogen-bond donors (Lipinski definition) is 1. The zero-order valence-corrected chi connectivity index (χ0v) is 9.41. The van der Waals surface area contributed by atoms with E-state index in [4.69, 9.17) is 10.5 Å². The third kappa shape index (κ3) is 2.17. The molecule has 0 aliphatic heterocycles. The minimum atomic E-state index is 0.554. The van der Waals surface area contributed by atoms with Crippen molar-refractivity contribution in [3.63, 3.8) is 0 Å². The molecule has 2 N–H and O–H groups in total. The molecule has 0 heterocycles. The van der Waals surface area contributed by atoms with E-state index in [9.17, 15) is 0 Å². The fourth-order valence-corrected chi connectivity index (χ4v) is 2.04. The van der Waals surface area contributed by atoms with E-state index in [2.05, 4.69) is 24.8 Å². The zero-order valence-electron chi connectivity index (χ0n) is 9.41. The maximum Gasteiger partial charge on any atom is 0.120 e. The van der Waals surface area contributed by atoms with Crippen LogP contribution in [0.15, 0.2) is 36.9 Å². The van der Waals surface area contributed by atoms with Gasteiger partial charge in [0, 0.05) is 6.54 Å². The molecule has 0 atom stereocenters. The van der Waals surface area contributed by atoms with Gasteiger partial charge in [0.05, 0.1) is 0 Å². The molecule has 2 nitrogen and oxygen atoms in total. The number of nitrogens with two attached hydrogens (primary N) is 1. The molecule has 2 rings (SSSR count). The SMILES string of the molecule is C=CCOc1ccc2c(c1)CCC=C2CN. The van der Waals surface area contributed by atoms with Crippen LogP contribution in [-0.4, -0.2) is 13.2 Å². The predicted octanol–water partition coefficient (Wildman–Crippen LogP) is 2.54. The van der Waals surface area contributed by atoms with Crippen LogP contribution in [0.25, 0.3) is 5.57 Å². The van der Waals surface area contributed by atoms with Gasteiger partial charge in [-0.15, -0.1) is 0 Å². The summed E-state index contributed by atoms with van der Waals surface area (Å²) in [6, 6.07) is 6.21. The highest BCUT2D eigenvalue weighted by Crippen LogP contribution is 2.28. The van der Waals surface area contributed by atoms with Crippen LogP contribution in [0.3, 0.4) is 0 Å². The Kier molecular flexibility index (Phi) is 3.42. The van der Waals surface area contributed by atoms with Gasteiger partial charge in [0.2, 0.25) is 0 Å². The van der Waals surface area contributed by atoms with Crippen LogP contribution in [0.1, 0.15) is 17.5 Å². The Morgan fingerprint density at radius 1 is 1.44 bits per heavy atom. The standard InChI is InChI=1S/C14H17NO/c1-2-8-16-13-6-7-14-11(9-13)4-3-5-12(14)10-15/h2,5-7,9H,1,3-4,8,10,15H2. The number of aryl methyl sites for hydroxylation is 1. The minimum absolute atomic E-state index is 0.554. The summed E-state index contributed by atoms with van der Waals surface area (Å²) in [6.45, 7) is 4.80. The van der Waals surface area contributed by atoms with Gasteiger partial charge >= 0.3 is 0 Å². The quantitative estimate of drug-likeness (QED) is 0.783. The van der Waals surface area contributed by atoms with E-state index in [0.29, 0.717) is 13.2 Å². The highest BCUT2D eigenvalue weighted by Gasteiger charge is 2.11. The molecule has 0 spiro atoms. The lowest BCUT2D eigenvalue weighted by molar-refractivity contribution is 0.363. The van der Waals surface area contributed by atoms with Crippen molar-refractivity contribution in [2.24, 2.45) is 5.73 Å². The lowest BCUT2D eigenvalue weighted by Crippen LogP contribution is -2.08. The van der Waals surface area contributed by atoms with E-state index >= 15 is 0 Å². The Balaban J connectivity index is 2.26. The van der Waals surface area contributed by atoms with Crippen molar-refractivity contribution >= 4 is 5.57 Å². The Bertz CT molecular complexity index is 421. The predicted molar refractivity (Wildman–Crippen MR) is 67.5 cm³/mol. The first-order valence-electron chi connectivity index (χ1n) is 5.61. The van der Waals surface area contributed by atoms with Crippen LogP contribution < -0.4 is 10.5 Å². The first-order chi connectivity index (χ1) is 7.85. The molecular weight excluding hydrogens is 198 g/mol. The van der Waals surface area contributed by atoms with Gasteiger partial charge in [-0.1, -0.05) is 24.8 Å². The second kappa shape index (κ2) is 4.99. The van der Waals surface area contributed by atoms with E-state index in [1.165, 1.54) is 16.7 Å². The van der Waals surface area contributed by atoms with E-state index < -0.39 is 0 Å². The average Bonchev–Trinajstić information content (AvgIpc) is 2.35. The van der Waals surface area contributed by atoms with Crippen molar-refractivity contribution in [3.05, 3.63) is 48.1 Å². The number of benzene rings is 1. The maximum absolute atomic E-state index is 5.72. The lowest BCUT2D eigenvalue weighted by Gasteiger charge is -2.17. The molecule has 0 saturated heterocycles. The van der Waals surface area contributed by atoms with Crippen molar-refractivity contribution in [1.82, 2.24) is 0 Å². The Morgan fingerprint density at radius 3 is 3.06 bits per heavy atom. The van der Waals surface area contributed by atoms with Crippen LogP contribution in [0, 0.1) is 0 Å². The van der Waals surface area contributed by atoms with E-state index in [1.807, 2.05) is 6.07 Å². The Labute approximate surface area is 96.4 Å². The molecule has 16 heavy (non-hydrogen) atoms. The van der Waals surface area contributed by atoms with Crippen molar-refractivity contribution in [1.29, 1.82) is 0 Å². The molecule has 0 radical (unpaired) electrons. The van der Waals surface area contributed by atoms with Gasteiger partial charge < -0.3 is 10.5 Å². The molecule has 1 aromatic rings. The maximum atomic E-state index is 5.72. The summed E-state index contributed by atoms with van der Waals surface area (Å²) in [5.74, 6) is 0.914. The third-order valence-electron chi connectivity index (χ3n) is 2.81. The van der Waals surface area contributed by atoms with Crippen molar-refractivity contribution in [2.45, 2.75) is 12.8 Å². The summed E-state index contributed by atoms with van der Waals surface area (Å²) in [7, 11) is 0. The Morgan fingerprint density at radius 2 is 2.31 bits per heavy atom. The highest BCUT2D eigenvalue weighted by molar-refractivity contribution is 5.71. The number of fused-ring (bicyclic) bond motifs is 1. The molecule has 0 saturated carbocycles. The van der Waals surface area contributed by atoms with Gasteiger partial charge in [-0.2, -0.15) is 0 Å². The molecule has 0 fully saturated rings. The average molecular weight is 215 g/mol. The smallest absolute Gasteiger partial charge is 0.120 e. The topological polar surface area (TPSA) is 35.2 Å². The molecule has 84 valence electrons. The Hall–Kier alpha value is -1.54. The molecule has 0 unspecified atom stereocenters. The molecule has 1 aromatic carbocycles.